The van der Waals surface area contributed by atoms with Crippen LogP contribution in [0.5, 0.6) is 0 Å². The molecule has 1 unspecified atom stereocenters. The predicted molar refractivity (Wildman–Crippen MR) is 355 cm³/mol. The summed E-state index contributed by atoms with van der Waals surface area (Å²) in [5.41, 5.74) is 32.3. The van der Waals surface area contributed by atoms with Gasteiger partial charge in [0.15, 0.2) is 17.5 Å². The fourth-order valence-electron chi connectivity index (χ4n) is 15.1. The molecule has 0 saturated heterocycles. The molecular formula is C81H76N4. The lowest BCUT2D eigenvalue weighted by Crippen LogP contribution is -2.26. The van der Waals surface area contributed by atoms with Crippen molar-refractivity contribution in [3.63, 3.8) is 0 Å². The van der Waals surface area contributed by atoms with Crippen molar-refractivity contribution >= 4 is 10.9 Å². The molecule has 1 atom stereocenters. The van der Waals surface area contributed by atoms with E-state index in [0.717, 1.165) is 46.3 Å². The number of hydrogen-bond donors (Lipinski definition) is 0. The third kappa shape index (κ3) is 8.84. The van der Waals surface area contributed by atoms with E-state index in [2.05, 4.69) is 238 Å². The molecule has 4 nitrogen and oxygen atoms in total. The third-order valence-corrected chi connectivity index (χ3v) is 20.0. The highest BCUT2D eigenvalue weighted by Gasteiger charge is 2.52. The Hall–Kier alpha value is -8.60. The standard InChI is InChI=1S/C81H76N4/c1-10-12-14-16-24-55-44-56(25-17-15-13-11-2)46-61(45-55)80(9)69-29-21-18-28-64(69)67-36-39-75-68(76(67)80)37-38-74(82-75)57-32-34-65-66-35-33-58(48-73(66)81(72(65)47-57)70-30-22-19-26-62(70)63-27-20-23-31-71(63)81)77-83-78(59-40-49(3)53(7)50(4)41-59)85-79(84-77)60-42-51(5)54(8)52(6)43-60/h18-23,26-48H,10-17,24-25H2,1-9H3. The first kappa shape index (κ1) is 54.3. The summed E-state index contributed by atoms with van der Waals surface area (Å²) in [5.74, 6) is 2.01. The van der Waals surface area contributed by atoms with Gasteiger partial charge in [0.2, 0.25) is 0 Å². The highest BCUT2D eigenvalue weighted by Crippen LogP contribution is 2.64. The van der Waals surface area contributed by atoms with Crippen molar-refractivity contribution in [2.45, 2.75) is 137 Å². The van der Waals surface area contributed by atoms with Crippen LogP contribution in [0, 0.1) is 41.5 Å². The van der Waals surface area contributed by atoms with E-state index in [4.69, 9.17) is 19.9 Å². The maximum absolute atomic E-state index is 5.70. The smallest absolute Gasteiger partial charge is 0.164 e. The number of benzene rings is 9. The Morgan fingerprint density at radius 3 is 1.33 bits per heavy atom. The molecule has 2 heterocycles. The molecular weight excluding hydrogens is 1030 g/mol. The summed E-state index contributed by atoms with van der Waals surface area (Å²) in [7, 11) is 0. The molecule has 0 saturated carbocycles. The lowest BCUT2D eigenvalue weighted by atomic mass is 9.70. The van der Waals surface area contributed by atoms with E-state index in [1.807, 2.05) is 0 Å². The second-order valence-corrected chi connectivity index (χ2v) is 25.2. The second-order valence-electron chi connectivity index (χ2n) is 25.2. The van der Waals surface area contributed by atoms with Crippen LogP contribution in [-0.4, -0.2) is 19.9 Å². The minimum atomic E-state index is -0.621. The Labute approximate surface area is 503 Å². The molecule has 1 spiro atoms. The minimum absolute atomic E-state index is 0.359. The lowest BCUT2D eigenvalue weighted by molar-refractivity contribution is 0.656. The first-order chi connectivity index (χ1) is 41.4. The van der Waals surface area contributed by atoms with Crippen molar-refractivity contribution in [2.75, 3.05) is 0 Å². The zero-order chi connectivity index (χ0) is 58.3. The van der Waals surface area contributed by atoms with Crippen LogP contribution in [0.1, 0.15) is 156 Å². The monoisotopic (exact) mass is 1100 g/mol. The van der Waals surface area contributed by atoms with E-state index in [1.54, 1.807) is 0 Å². The van der Waals surface area contributed by atoms with Crippen LogP contribution in [0.15, 0.2) is 176 Å². The topological polar surface area (TPSA) is 51.6 Å². The molecule has 0 aliphatic heterocycles. The molecule has 14 rings (SSSR count). The van der Waals surface area contributed by atoms with Gasteiger partial charge in [0.05, 0.1) is 16.6 Å². The van der Waals surface area contributed by atoms with Crippen LogP contribution in [-0.2, 0) is 23.7 Å². The number of aromatic nitrogens is 4. The SMILES string of the molecule is CCCCCCc1cc(CCCCCC)cc(C2(C)c3ccccc3-c3ccc4nc(-c5ccc6c(c5)C5(c7ccccc7-c7ccccc75)c5cc(-c7nc(-c8cc(C)c(C)c(C)c8)nc(-c8cc(C)c(C)c(C)c8)n7)ccc5-6)ccc4c32)c1. The summed E-state index contributed by atoms with van der Waals surface area (Å²) in [6.45, 7) is 20.2. The van der Waals surface area contributed by atoms with Crippen molar-refractivity contribution in [1.82, 2.24) is 19.9 Å². The average molecular weight is 1110 g/mol. The second kappa shape index (κ2) is 21.5. The van der Waals surface area contributed by atoms with Gasteiger partial charge in [0.25, 0.3) is 0 Å². The first-order valence-corrected chi connectivity index (χ1v) is 31.5. The summed E-state index contributed by atoms with van der Waals surface area (Å²) in [5, 5.41) is 1.22. The molecule has 3 aliphatic carbocycles. The number of aryl methyl sites for hydroxylation is 6. The Morgan fingerprint density at radius 2 is 0.800 bits per heavy atom. The Bertz CT molecular complexity index is 4300. The molecule has 85 heavy (non-hydrogen) atoms. The van der Waals surface area contributed by atoms with Crippen molar-refractivity contribution in [1.29, 1.82) is 0 Å². The van der Waals surface area contributed by atoms with Crippen molar-refractivity contribution in [2.24, 2.45) is 0 Å². The van der Waals surface area contributed by atoms with E-state index >= 15 is 0 Å². The number of nitrogens with zero attached hydrogens (tertiary/aromatic N) is 4. The van der Waals surface area contributed by atoms with Gasteiger partial charge in [-0.05, 0) is 240 Å². The average Bonchev–Trinajstić information content (AvgIpc) is 1.54. The van der Waals surface area contributed by atoms with Gasteiger partial charge in [-0.2, -0.15) is 0 Å². The largest absolute Gasteiger partial charge is 0.248 e. The highest BCUT2D eigenvalue weighted by molar-refractivity contribution is 6.00. The molecule has 2 aromatic heterocycles. The molecule has 0 bridgehead atoms. The molecule has 420 valence electrons. The van der Waals surface area contributed by atoms with Gasteiger partial charge >= 0.3 is 0 Å². The lowest BCUT2D eigenvalue weighted by Gasteiger charge is -2.31. The van der Waals surface area contributed by atoms with Gasteiger partial charge < -0.3 is 0 Å². The first-order valence-electron chi connectivity index (χ1n) is 31.5. The maximum Gasteiger partial charge on any atom is 0.164 e. The number of pyridine rings is 1. The third-order valence-electron chi connectivity index (χ3n) is 20.0. The van der Waals surface area contributed by atoms with Crippen LogP contribution >= 0.6 is 0 Å². The van der Waals surface area contributed by atoms with Gasteiger partial charge in [-0.1, -0.05) is 180 Å². The highest BCUT2D eigenvalue weighted by atomic mass is 15.0. The van der Waals surface area contributed by atoms with Gasteiger partial charge in [-0.3, -0.25) is 0 Å². The van der Waals surface area contributed by atoms with Gasteiger partial charge in [0.1, 0.15) is 0 Å². The van der Waals surface area contributed by atoms with Crippen molar-refractivity contribution in [3.8, 4) is 78.8 Å². The van der Waals surface area contributed by atoms with E-state index in [9.17, 15) is 0 Å². The van der Waals surface area contributed by atoms with Crippen LogP contribution in [0.3, 0.4) is 0 Å². The molecule has 3 aliphatic rings. The van der Waals surface area contributed by atoms with E-state index in [0.29, 0.717) is 17.5 Å². The normalized spacial score (nSPS) is 14.8. The van der Waals surface area contributed by atoms with Crippen LogP contribution in [0.2, 0.25) is 0 Å². The summed E-state index contributed by atoms with van der Waals surface area (Å²) >= 11 is 0. The van der Waals surface area contributed by atoms with Crippen LogP contribution in [0.4, 0.5) is 0 Å². The number of unbranched alkanes of at least 4 members (excludes halogenated alkanes) is 6. The van der Waals surface area contributed by atoms with E-state index in [1.165, 1.54) is 174 Å². The molecule has 0 radical (unpaired) electrons. The molecule has 4 heteroatoms. The van der Waals surface area contributed by atoms with Gasteiger partial charge in [-0.25, -0.2) is 19.9 Å². The summed E-state index contributed by atoms with van der Waals surface area (Å²) in [4.78, 5) is 21.8. The molecule has 0 fully saturated rings. The van der Waals surface area contributed by atoms with Crippen LogP contribution in [0.25, 0.3) is 89.7 Å². The summed E-state index contributed by atoms with van der Waals surface area (Å²) in [6.07, 6.45) is 12.3. The number of hydrogen-bond acceptors (Lipinski definition) is 4. The minimum Gasteiger partial charge on any atom is -0.248 e. The quantitative estimate of drug-likeness (QED) is 0.0960. The zero-order valence-corrected chi connectivity index (χ0v) is 51.1. The Kier molecular flexibility index (Phi) is 13.7. The molecule has 9 aromatic carbocycles. The van der Waals surface area contributed by atoms with Crippen molar-refractivity contribution < 1.29 is 0 Å². The van der Waals surface area contributed by atoms with Gasteiger partial charge in [0, 0.05) is 33.1 Å². The fraction of sp³-hybridized carbons (Fsp3) is 0.259. The Balaban J connectivity index is 0.917. The predicted octanol–water partition coefficient (Wildman–Crippen LogP) is 20.9. The van der Waals surface area contributed by atoms with Gasteiger partial charge in [-0.15, -0.1) is 0 Å². The van der Waals surface area contributed by atoms with Crippen molar-refractivity contribution in [3.05, 3.63) is 259 Å². The van der Waals surface area contributed by atoms with Crippen LogP contribution < -0.4 is 0 Å². The maximum atomic E-state index is 5.70. The zero-order valence-electron chi connectivity index (χ0n) is 51.1. The van der Waals surface area contributed by atoms with E-state index < -0.39 is 5.41 Å². The number of fused-ring (bicyclic) bond motifs is 15. The summed E-state index contributed by atoms with van der Waals surface area (Å²) in [6, 6.07) is 67.3. The molecule has 11 aromatic rings. The Morgan fingerprint density at radius 1 is 0.353 bits per heavy atom. The number of rotatable bonds is 15. The summed E-state index contributed by atoms with van der Waals surface area (Å²) < 4.78 is 0. The molecule has 0 amide bonds. The van der Waals surface area contributed by atoms with E-state index in [-0.39, 0.29) is 5.41 Å². The molecule has 0 N–H and O–H groups in total. The fourth-order valence-corrected chi connectivity index (χ4v) is 15.1.